The fraction of sp³-hybridized carbons (Fsp3) is 0.667. The van der Waals surface area contributed by atoms with Gasteiger partial charge in [0.15, 0.2) is 5.13 Å². The highest BCUT2D eigenvalue weighted by molar-refractivity contribution is 7.15. The van der Waals surface area contributed by atoms with Crippen LogP contribution in [0.4, 0.5) is 5.13 Å². The molecule has 1 aromatic rings. The summed E-state index contributed by atoms with van der Waals surface area (Å²) in [5, 5.41) is 13.4. The number of aliphatic hydroxyl groups excluding tert-OH is 1. The first-order valence-electron chi connectivity index (χ1n) is 4.84. The van der Waals surface area contributed by atoms with Crippen LogP contribution in [0.15, 0.2) is 6.20 Å². The number of nitrogens with one attached hydrogen (secondary N) is 1. The summed E-state index contributed by atoms with van der Waals surface area (Å²) in [7, 11) is 0. The van der Waals surface area contributed by atoms with Crippen LogP contribution in [0, 0.1) is 0 Å². The van der Waals surface area contributed by atoms with Crippen LogP contribution >= 0.6 is 36.2 Å². The number of hydrogen-bond donors (Lipinski definition) is 3. The second-order valence-corrected chi connectivity index (χ2v) is 4.27. The zero-order valence-corrected chi connectivity index (χ0v) is 11.6. The van der Waals surface area contributed by atoms with Gasteiger partial charge in [-0.3, -0.25) is 0 Å². The van der Waals surface area contributed by atoms with Crippen molar-refractivity contribution in [2.24, 2.45) is 0 Å². The number of halogens is 2. The number of unbranched alkanes of at least 4 members (excludes halogenated alkanes) is 1. The number of aromatic nitrogens is 1. The molecule has 0 amide bonds. The number of thiazole rings is 1. The summed E-state index contributed by atoms with van der Waals surface area (Å²) in [6, 6.07) is 0. The molecule has 16 heavy (non-hydrogen) atoms. The maximum atomic E-state index is 9.69. The van der Waals surface area contributed by atoms with Gasteiger partial charge in [-0.15, -0.1) is 24.8 Å². The molecule has 0 saturated heterocycles. The number of nitrogen functional groups attached to an aromatic ring is 1. The van der Waals surface area contributed by atoms with E-state index in [1.54, 1.807) is 6.20 Å². The van der Waals surface area contributed by atoms with Gasteiger partial charge in [-0.2, -0.15) is 0 Å². The zero-order valence-electron chi connectivity index (χ0n) is 9.18. The molecule has 0 unspecified atom stereocenters. The van der Waals surface area contributed by atoms with Crippen LogP contribution in [0.1, 0.15) is 30.7 Å². The number of aliphatic hydroxyl groups is 1. The van der Waals surface area contributed by atoms with Crippen molar-refractivity contribution in [1.82, 2.24) is 10.3 Å². The molecule has 1 heterocycles. The molecule has 4 N–H and O–H groups in total. The summed E-state index contributed by atoms with van der Waals surface area (Å²) in [6.07, 6.45) is 3.45. The summed E-state index contributed by atoms with van der Waals surface area (Å²) < 4.78 is 0. The highest BCUT2D eigenvalue weighted by Crippen LogP contribution is 2.21. The Labute approximate surface area is 112 Å². The molecule has 0 aromatic carbocycles. The van der Waals surface area contributed by atoms with Gasteiger partial charge in [-0.25, -0.2) is 4.98 Å². The first kappa shape index (κ1) is 18.3. The van der Waals surface area contributed by atoms with E-state index < -0.39 is 6.10 Å². The molecule has 96 valence electrons. The van der Waals surface area contributed by atoms with Gasteiger partial charge in [-0.1, -0.05) is 24.7 Å². The van der Waals surface area contributed by atoms with Gasteiger partial charge in [0.25, 0.3) is 0 Å². The standard InChI is InChI=1S/C9H17N3OS.2ClH/c1-2-3-4-11-5-7(13)8-6-12-9(10)14-8;;/h6-7,11,13H,2-5H2,1H3,(H2,10,12);2*1H/t7-;;/m0../s1. The highest BCUT2D eigenvalue weighted by Gasteiger charge is 2.09. The Bertz CT molecular complexity index is 273. The summed E-state index contributed by atoms with van der Waals surface area (Å²) >= 11 is 1.34. The fourth-order valence-electron chi connectivity index (χ4n) is 1.10. The average molecular weight is 288 g/mol. The third kappa shape index (κ3) is 6.50. The molecule has 0 spiro atoms. The molecule has 0 aliphatic rings. The number of anilines is 1. The lowest BCUT2D eigenvalue weighted by atomic mass is 10.3. The predicted molar refractivity (Wildman–Crippen MR) is 73.8 cm³/mol. The maximum Gasteiger partial charge on any atom is 0.180 e. The van der Waals surface area contributed by atoms with Gasteiger partial charge >= 0.3 is 0 Å². The van der Waals surface area contributed by atoms with E-state index in [4.69, 9.17) is 5.73 Å². The first-order valence-corrected chi connectivity index (χ1v) is 5.65. The zero-order chi connectivity index (χ0) is 10.4. The van der Waals surface area contributed by atoms with E-state index in [0.29, 0.717) is 11.7 Å². The first-order chi connectivity index (χ1) is 6.74. The molecule has 0 aliphatic heterocycles. The van der Waals surface area contributed by atoms with Gasteiger partial charge in [0.1, 0.15) is 6.10 Å². The molecular weight excluding hydrogens is 269 g/mol. The van der Waals surface area contributed by atoms with Crippen molar-refractivity contribution in [3.05, 3.63) is 11.1 Å². The summed E-state index contributed by atoms with van der Waals surface area (Å²) in [6.45, 7) is 3.66. The maximum absolute atomic E-state index is 9.69. The number of hydrogen-bond acceptors (Lipinski definition) is 5. The lowest BCUT2D eigenvalue weighted by molar-refractivity contribution is 0.178. The number of nitrogens with two attached hydrogens (primary N) is 1. The molecule has 1 rings (SSSR count). The van der Waals surface area contributed by atoms with Crippen molar-refractivity contribution in [1.29, 1.82) is 0 Å². The second kappa shape index (κ2) is 10.1. The topological polar surface area (TPSA) is 71.2 Å². The van der Waals surface area contributed by atoms with Crippen molar-refractivity contribution in [3.63, 3.8) is 0 Å². The van der Waals surface area contributed by atoms with Crippen LogP contribution in [0.2, 0.25) is 0 Å². The molecule has 0 fully saturated rings. The van der Waals surface area contributed by atoms with Crippen LogP contribution in [0.25, 0.3) is 0 Å². The van der Waals surface area contributed by atoms with E-state index >= 15 is 0 Å². The quantitative estimate of drug-likeness (QED) is 0.700. The molecule has 1 atom stereocenters. The van der Waals surface area contributed by atoms with E-state index in [1.807, 2.05) is 0 Å². The van der Waals surface area contributed by atoms with Crippen LogP contribution in [0.3, 0.4) is 0 Å². The fourth-order valence-corrected chi connectivity index (χ4v) is 1.77. The van der Waals surface area contributed by atoms with Gasteiger partial charge in [0.05, 0.1) is 4.88 Å². The van der Waals surface area contributed by atoms with E-state index in [-0.39, 0.29) is 24.8 Å². The minimum atomic E-state index is -0.485. The summed E-state index contributed by atoms with van der Waals surface area (Å²) in [5.41, 5.74) is 5.47. The third-order valence-electron chi connectivity index (χ3n) is 1.91. The van der Waals surface area contributed by atoms with E-state index in [0.717, 1.165) is 24.3 Å². The third-order valence-corrected chi connectivity index (χ3v) is 2.84. The average Bonchev–Trinajstić information content (AvgIpc) is 2.59. The van der Waals surface area contributed by atoms with Crippen LogP contribution in [-0.2, 0) is 0 Å². The Morgan fingerprint density at radius 1 is 1.56 bits per heavy atom. The number of rotatable bonds is 6. The van der Waals surface area contributed by atoms with Gasteiger partial charge in [-0.05, 0) is 13.0 Å². The molecule has 1 aromatic heterocycles. The van der Waals surface area contributed by atoms with Gasteiger partial charge < -0.3 is 16.2 Å². The summed E-state index contributed by atoms with van der Waals surface area (Å²) in [5.74, 6) is 0. The normalized spacial score (nSPS) is 11.4. The Balaban J connectivity index is 0. The predicted octanol–water partition coefficient (Wildman–Crippen LogP) is 1.99. The van der Waals surface area contributed by atoms with Crippen LogP contribution in [-0.4, -0.2) is 23.2 Å². The van der Waals surface area contributed by atoms with Crippen molar-refractivity contribution >= 4 is 41.3 Å². The van der Waals surface area contributed by atoms with E-state index in [2.05, 4.69) is 17.2 Å². The molecule has 4 nitrogen and oxygen atoms in total. The molecule has 0 bridgehead atoms. The molecular formula is C9H19Cl2N3OS. The van der Waals surface area contributed by atoms with Crippen molar-refractivity contribution in [3.8, 4) is 0 Å². The van der Waals surface area contributed by atoms with Gasteiger partial charge in [0.2, 0.25) is 0 Å². The largest absolute Gasteiger partial charge is 0.386 e. The Morgan fingerprint density at radius 2 is 2.25 bits per heavy atom. The smallest absolute Gasteiger partial charge is 0.180 e. The Morgan fingerprint density at radius 3 is 2.75 bits per heavy atom. The van der Waals surface area contributed by atoms with Crippen molar-refractivity contribution in [2.75, 3.05) is 18.8 Å². The molecule has 0 radical (unpaired) electrons. The SMILES string of the molecule is CCCCNC[C@H](O)c1cnc(N)s1.Cl.Cl. The monoisotopic (exact) mass is 287 g/mol. The second-order valence-electron chi connectivity index (χ2n) is 3.17. The van der Waals surface area contributed by atoms with E-state index in [1.165, 1.54) is 11.3 Å². The minimum Gasteiger partial charge on any atom is -0.386 e. The molecule has 0 saturated carbocycles. The lowest BCUT2D eigenvalue weighted by Crippen LogP contribution is -2.21. The molecule has 0 aliphatic carbocycles. The number of nitrogens with zero attached hydrogens (tertiary/aromatic N) is 1. The minimum absolute atomic E-state index is 0. The van der Waals surface area contributed by atoms with Crippen molar-refractivity contribution in [2.45, 2.75) is 25.9 Å². The Hall–Kier alpha value is -0.0700. The Kier molecular flexibility index (Phi) is 11.6. The summed E-state index contributed by atoms with van der Waals surface area (Å²) in [4.78, 5) is 4.72. The lowest BCUT2D eigenvalue weighted by Gasteiger charge is -2.08. The van der Waals surface area contributed by atoms with E-state index in [9.17, 15) is 5.11 Å². The van der Waals surface area contributed by atoms with Gasteiger partial charge in [0, 0.05) is 12.7 Å². The van der Waals surface area contributed by atoms with Crippen molar-refractivity contribution < 1.29 is 5.11 Å². The van der Waals surface area contributed by atoms with Crippen LogP contribution < -0.4 is 11.1 Å². The molecule has 7 heteroatoms. The highest BCUT2D eigenvalue weighted by atomic mass is 35.5. The van der Waals surface area contributed by atoms with Crippen LogP contribution in [0.5, 0.6) is 0 Å².